The first-order valence-corrected chi connectivity index (χ1v) is 12.1. The number of fused-ring (bicyclic) bond motifs is 1. The Morgan fingerprint density at radius 2 is 1.94 bits per heavy atom. The summed E-state index contributed by atoms with van der Waals surface area (Å²) in [7, 11) is 3.80. The number of nitrogens with one attached hydrogen (secondary N) is 2. The number of aromatic nitrogens is 3. The SMILES string of the molecule is C/C=C1/NC=Cc2cc(-c3cncc(OC)n3)nc(Nc3ccc(C4CCN(C)CC4)c(C)c3)c21. The van der Waals surface area contributed by atoms with Crippen LogP contribution in [0.4, 0.5) is 11.5 Å². The highest BCUT2D eigenvalue weighted by atomic mass is 16.5. The van der Waals surface area contributed by atoms with Gasteiger partial charge in [0.15, 0.2) is 0 Å². The summed E-state index contributed by atoms with van der Waals surface area (Å²) in [5, 5.41) is 6.94. The maximum absolute atomic E-state index is 5.28. The van der Waals surface area contributed by atoms with Gasteiger partial charge in [0.2, 0.25) is 5.88 Å². The van der Waals surface area contributed by atoms with E-state index < -0.39 is 0 Å². The number of allylic oxidation sites excluding steroid dienone is 1. The van der Waals surface area contributed by atoms with Gasteiger partial charge in [-0.05, 0) is 93.7 Å². The second-order valence-electron chi connectivity index (χ2n) is 9.22. The summed E-state index contributed by atoms with van der Waals surface area (Å²) in [4.78, 5) is 16.2. The van der Waals surface area contributed by atoms with E-state index in [1.807, 2.05) is 19.2 Å². The molecule has 0 bridgehead atoms. The maximum atomic E-state index is 5.28. The fourth-order valence-electron chi connectivity index (χ4n) is 4.96. The van der Waals surface area contributed by atoms with Crippen molar-refractivity contribution in [3.05, 3.63) is 71.2 Å². The van der Waals surface area contributed by atoms with Gasteiger partial charge in [0.1, 0.15) is 11.5 Å². The van der Waals surface area contributed by atoms with Crippen LogP contribution in [0.5, 0.6) is 5.88 Å². The summed E-state index contributed by atoms with van der Waals surface area (Å²) >= 11 is 0. The van der Waals surface area contributed by atoms with Crippen molar-refractivity contribution in [2.24, 2.45) is 0 Å². The van der Waals surface area contributed by atoms with Crippen LogP contribution in [0.15, 0.2) is 48.9 Å². The van der Waals surface area contributed by atoms with Crippen molar-refractivity contribution in [3.63, 3.8) is 0 Å². The van der Waals surface area contributed by atoms with E-state index in [-0.39, 0.29) is 0 Å². The molecule has 35 heavy (non-hydrogen) atoms. The summed E-state index contributed by atoms with van der Waals surface area (Å²) in [5.74, 6) is 1.87. The van der Waals surface area contributed by atoms with Crippen LogP contribution in [0.1, 0.15) is 47.9 Å². The molecule has 2 aromatic heterocycles. The molecule has 1 fully saturated rings. The highest BCUT2D eigenvalue weighted by molar-refractivity contribution is 5.87. The number of rotatable bonds is 5. The minimum absolute atomic E-state index is 0.461. The number of hydrogen-bond donors (Lipinski definition) is 2. The molecule has 1 saturated heterocycles. The minimum Gasteiger partial charge on any atom is -0.480 e. The van der Waals surface area contributed by atoms with Crippen LogP contribution in [-0.4, -0.2) is 47.1 Å². The number of aryl methyl sites for hydroxylation is 1. The lowest BCUT2D eigenvalue weighted by Gasteiger charge is -2.30. The monoisotopic (exact) mass is 468 g/mol. The Hall–Kier alpha value is -3.71. The summed E-state index contributed by atoms with van der Waals surface area (Å²) in [6.45, 7) is 6.56. The molecule has 180 valence electrons. The van der Waals surface area contributed by atoms with Crippen LogP contribution in [0.3, 0.4) is 0 Å². The Balaban J connectivity index is 1.52. The number of nitrogens with zero attached hydrogens (tertiary/aromatic N) is 4. The molecule has 5 rings (SSSR count). The topological polar surface area (TPSA) is 75.2 Å². The highest BCUT2D eigenvalue weighted by Crippen LogP contribution is 2.36. The van der Waals surface area contributed by atoms with Gasteiger partial charge in [-0.2, -0.15) is 0 Å². The van der Waals surface area contributed by atoms with Gasteiger partial charge >= 0.3 is 0 Å². The molecule has 7 nitrogen and oxygen atoms in total. The van der Waals surface area contributed by atoms with Gasteiger partial charge in [-0.3, -0.25) is 4.98 Å². The van der Waals surface area contributed by atoms with E-state index in [0.717, 1.165) is 47.1 Å². The molecule has 0 saturated carbocycles. The Kier molecular flexibility index (Phi) is 6.51. The fourth-order valence-corrected chi connectivity index (χ4v) is 4.96. The number of hydrogen-bond acceptors (Lipinski definition) is 7. The number of anilines is 2. The second kappa shape index (κ2) is 9.88. The van der Waals surface area contributed by atoms with Crippen molar-refractivity contribution < 1.29 is 4.74 Å². The third-order valence-corrected chi connectivity index (χ3v) is 6.88. The number of ether oxygens (including phenoxy) is 1. The largest absolute Gasteiger partial charge is 0.480 e. The van der Waals surface area contributed by atoms with Crippen LogP contribution in [0, 0.1) is 6.92 Å². The zero-order valence-electron chi connectivity index (χ0n) is 20.8. The molecule has 0 unspecified atom stereocenters. The van der Waals surface area contributed by atoms with E-state index in [1.54, 1.807) is 19.5 Å². The van der Waals surface area contributed by atoms with Gasteiger partial charge in [0.25, 0.3) is 0 Å². The quantitative estimate of drug-likeness (QED) is 0.523. The first-order valence-electron chi connectivity index (χ1n) is 12.1. The molecule has 2 aliphatic rings. The van der Waals surface area contributed by atoms with Gasteiger partial charge in [-0.15, -0.1) is 0 Å². The van der Waals surface area contributed by atoms with Crippen molar-refractivity contribution in [1.29, 1.82) is 0 Å². The lowest BCUT2D eigenvalue weighted by molar-refractivity contribution is 0.255. The molecule has 0 radical (unpaired) electrons. The maximum Gasteiger partial charge on any atom is 0.232 e. The molecule has 0 aliphatic carbocycles. The van der Waals surface area contributed by atoms with E-state index in [1.165, 1.54) is 24.0 Å². The van der Waals surface area contributed by atoms with Gasteiger partial charge in [-0.1, -0.05) is 12.1 Å². The molecule has 2 N–H and O–H groups in total. The number of benzene rings is 1. The third-order valence-electron chi connectivity index (χ3n) is 6.88. The summed E-state index contributed by atoms with van der Waals surface area (Å²) < 4.78 is 5.28. The normalized spacial score (nSPS) is 17.2. The van der Waals surface area contributed by atoms with Crippen molar-refractivity contribution >= 4 is 23.3 Å². The number of methoxy groups -OCH3 is 1. The average molecular weight is 469 g/mol. The van der Waals surface area contributed by atoms with E-state index in [2.05, 4.69) is 69.8 Å². The second-order valence-corrected chi connectivity index (χ2v) is 9.22. The van der Waals surface area contributed by atoms with Gasteiger partial charge in [0, 0.05) is 23.1 Å². The molecule has 0 atom stereocenters. The molecule has 4 heterocycles. The minimum atomic E-state index is 0.461. The molecular formula is C28H32N6O. The lowest BCUT2D eigenvalue weighted by atomic mass is 9.87. The highest BCUT2D eigenvalue weighted by Gasteiger charge is 2.21. The van der Waals surface area contributed by atoms with Crippen molar-refractivity contribution in [3.8, 4) is 17.3 Å². The van der Waals surface area contributed by atoms with Gasteiger partial charge < -0.3 is 20.3 Å². The Bertz CT molecular complexity index is 1290. The molecule has 1 aromatic carbocycles. The number of likely N-dealkylation sites (tertiary alicyclic amines) is 1. The smallest absolute Gasteiger partial charge is 0.232 e. The summed E-state index contributed by atoms with van der Waals surface area (Å²) in [6, 6.07) is 8.74. The molecule has 0 amide bonds. The zero-order chi connectivity index (χ0) is 24.4. The van der Waals surface area contributed by atoms with Crippen LogP contribution in [0.2, 0.25) is 0 Å². The standard InChI is InChI=1S/C28H32N6O/c1-5-23-27-20(8-11-30-23)15-24(25-16-29-17-26(32-25)35-4)33-28(27)31-21-6-7-22(18(2)14-21)19-9-12-34(3)13-10-19/h5-8,11,14-17,19,30H,9-10,12-13H2,1-4H3,(H,31,33)/b23-5+. The first kappa shape index (κ1) is 23.1. The predicted octanol–water partition coefficient (Wildman–Crippen LogP) is 5.34. The van der Waals surface area contributed by atoms with Crippen molar-refractivity contribution in [2.45, 2.75) is 32.6 Å². The Labute approximate surface area is 207 Å². The molecule has 3 aromatic rings. The lowest BCUT2D eigenvalue weighted by Crippen LogP contribution is -2.29. The number of pyridine rings is 1. The van der Waals surface area contributed by atoms with E-state index in [4.69, 9.17) is 9.72 Å². The van der Waals surface area contributed by atoms with Crippen molar-refractivity contribution in [1.82, 2.24) is 25.2 Å². The summed E-state index contributed by atoms with van der Waals surface area (Å²) in [6.07, 6.45) is 11.8. The fraction of sp³-hybridized carbons (Fsp3) is 0.321. The van der Waals surface area contributed by atoms with E-state index >= 15 is 0 Å². The van der Waals surface area contributed by atoms with Crippen LogP contribution in [-0.2, 0) is 0 Å². The van der Waals surface area contributed by atoms with E-state index in [9.17, 15) is 0 Å². The number of piperidine rings is 1. The average Bonchev–Trinajstić information content (AvgIpc) is 2.89. The van der Waals surface area contributed by atoms with Gasteiger partial charge in [0.05, 0.1) is 25.2 Å². The Morgan fingerprint density at radius 1 is 1.11 bits per heavy atom. The van der Waals surface area contributed by atoms with Crippen LogP contribution >= 0.6 is 0 Å². The Morgan fingerprint density at radius 3 is 2.69 bits per heavy atom. The van der Waals surface area contributed by atoms with Crippen molar-refractivity contribution in [2.75, 3.05) is 32.6 Å². The first-order chi connectivity index (χ1) is 17.1. The molecule has 0 spiro atoms. The zero-order valence-corrected chi connectivity index (χ0v) is 20.8. The predicted molar refractivity (Wildman–Crippen MR) is 142 cm³/mol. The van der Waals surface area contributed by atoms with Crippen LogP contribution < -0.4 is 15.4 Å². The third kappa shape index (κ3) is 4.77. The summed E-state index contributed by atoms with van der Waals surface area (Å²) in [5.41, 5.74) is 8.31. The van der Waals surface area contributed by atoms with Gasteiger partial charge in [-0.25, -0.2) is 9.97 Å². The molecule has 7 heteroatoms. The molecular weight excluding hydrogens is 436 g/mol. The van der Waals surface area contributed by atoms with E-state index in [0.29, 0.717) is 17.5 Å². The van der Waals surface area contributed by atoms with Crippen LogP contribution in [0.25, 0.3) is 23.2 Å². The molecule has 2 aliphatic heterocycles.